The molecule has 0 aromatic heterocycles. The Bertz CT molecular complexity index is 1120. The molecular weight excluding hydrogens is 437 g/mol. The maximum absolute atomic E-state index is 13.0. The van der Waals surface area contributed by atoms with E-state index in [2.05, 4.69) is 20.9 Å². The summed E-state index contributed by atoms with van der Waals surface area (Å²) in [5, 5.41) is 0. The van der Waals surface area contributed by atoms with Crippen LogP contribution in [0.3, 0.4) is 0 Å². The van der Waals surface area contributed by atoms with Crippen LogP contribution in [0.4, 0.5) is 4.39 Å². The molecule has 144 valence electrons. The van der Waals surface area contributed by atoms with Gasteiger partial charge < -0.3 is 9.47 Å². The molecule has 0 N–H and O–H groups in total. The van der Waals surface area contributed by atoms with Gasteiger partial charge >= 0.3 is 5.97 Å². The van der Waals surface area contributed by atoms with Crippen molar-refractivity contribution in [3.63, 3.8) is 0 Å². The summed E-state index contributed by atoms with van der Waals surface area (Å²) in [6, 6.07) is 20.8. The third kappa shape index (κ3) is 4.78. The van der Waals surface area contributed by atoms with E-state index in [0.29, 0.717) is 17.9 Å². The summed E-state index contributed by atoms with van der Waals surface area (Å²) in [7, 11) is 0. The molecule has 1 aliphatic rings. The highest BCUT2D eigenvalue weighted by atomic mass is 79.9. The molecular formula is C23H15BrFNO3. The first kappa shape index (κ1) is 19.1. The second-order valence-corrected chi connectivity index (χ2v) is 7.25. The van der Waals surface area contributed by atoms with Crippen LogP contribution in [0.5, 0.6) is 5.75 Å². The van der Waals surface area contributed by atoms with Crippen molar-refractivity contribution in [2.45, 2.75) is 6.61 Å². The number of nitrogens with zero attached hydrogens (tertiary/aromatic N) is 1. The van der Waals surface area contributed by atoms with Crippen molar-refractivity contribution in [2.75, 3.05) is 0 Å². The summed E-state index contributed by atoms with van der Waals surface area (Å²) in [6.07, 6.45) is 1.65. The third-order valence-electron chi connectivity index (χ3n) is 4.17. The number of ether oxygens (including phenoxy) is 2. The Kier molecular flexibility index (Phi) is 5.53. The maximum atomic E-state index is 13.0. The van der Waals surface area contributed by atoms with Crippen LogP contribution >= 0.6 is 15.9 Å². The minimum absolute atomic E-state index is 0.218. The summed E-state index contributed by atoms with van der Waals surface area (Å²) in [5.74, 6) is 0.115. The second kappa shape index (κ2) is 8.41. The third-order valence-corrected chi connectivity index (χ3v) is 4.67. The summed E-state index contributed by atoms with van der Waals surface area (Å²) in [4.78, 5) is 16.5. The summed E-state index contributed by atoms with van der Waals surface area (Å²) < 4.78 is 24.9. The zero-order chi connectivity index (χ0) is 20.2. The van der Waals surface area contributed by atoms with E-state index < -0.39 is 5.97 Å². The lowest BCUT2D eigenvalue weighted by atomic mass is 10.2. The van der Waals surface area contributed by atoms with Crippen LogP contribution in [0.15, 0.2) is 88.0 Å². The van der Waals surface area contributed by atoms with Crippen molar-refractivity contribution < 1.29 is 18.7 Å². The number of aliphatic imine (C=N–C) groups is 1. The average molecular weight is 452 g/mol. The van der Waals surface area contributed by atoms with Gasteiger partial charge in [0.2, 0.25) is 5.90 Å². The Morgan fingerprint density at radius 2 is 1.83 bits per heavy atom. The lowest BCUT2D eigenvalue weighted by Crippen LogP contribution is -2.05. The van der Waals surface area contributed by atoms with E-state index in [0.717, 1.165) is 15.6 Å². The van der Waals surface area contributed by atoms with Crippen LogP contribution in [0.1, 0.15) is 16.7 Å². The SMILES string of the molecule is O=C1OC(c2cccc(Br)c2)=N/C1=C\c1cccc(OCc2ccc(F)cc2)c1. The number of rotatable bonds is 5. The molecule has 0 bridgehead atoms. The smallest absolute Gasteiger partial charge is 0.363 e. The molecule has 3 aromatic rings. The van der Waals surface area contributed by atoms with Gasteiger partial charge in [-0.1, -0.05) is 46.3 Å². The number of hydrogen-bond acceptors (Lipinski definition) is 4. The molecule has 1 aliphatic heterocycles. The van der Waals surface area contributed by atoms with E-state index in [-0.39, 0.29) is 17.4 Å². The Hall–Kier alpha value is -3.25. The van der Waals surface area contributed by atoms with E-state index in [1.807, 2.05) is 42.5 Å². The molecule has 0 aliphatic carbocycles. The van der Waals surface area contributed by atoms with E-state index in [1.54, 1.807) is 24.3 Å². The van der Waals surface area contributed by atoms with Crippen molar-refractivity contribution in [2.24, 2.45) is 4.99 Å². The molecule has 0 fully saturated rings. The number of carbonyl (C=O) groups excluding carboxylic acids is 1. The minimum Gasteiger partial charge on any atom is -0.489 e. The van der Waals surface area contributed by atoms with Gasteiger partial charge in [0, 0.05) is 10.0 Å². The molecule has 0 saturated heterocycles. The van der Waals surface area contributed by atoms with Gasteiger partial charge in [-0.05, 0) is 59.7 Å². The molecule has 6 heteroatoms. The first-order chi connectivity index (χ1) is 14.1. The number of carbonyl (C=O) groups is 1. The number of esters is 1. The fraction of sp³-hybridized carbons (Fsp3) is 0.0435. The monoisotopic (exact) mass is 451 g/mol. The van der Waals surface area contributed by atoms with Gasteiger partial charge in [0.15, 0.2) is 5.70 Å². The molecule has 0 saturated carbocycles. The largest absolute Gasteiger partial charge is 0.489 e. The highest BCUT2D eigenvalue weighted by Crippen LogP contribution is 2.23. The second-order valence-electron chi connectivity index (χ2n) is 6.33. The number of benzene rings is 3. The van der Waals surface area contributed by atoms with Crippen molar-refractivity contribution in [1.29, 1.82) is 0 Å². The quantitative estimate of drug-likeness (QED) is 0.379. The van der Waals surface area contributed by atoms with Gasteiger partial charge in [-0.3, -0.25) is 0 Å². The first-order valence-corrected chi connectivity index (χ1v) is 9.62. The molecule has 4 rings (SSSR count). The van der Waals surface area contributed by atoms with Crippen LogP contribution in [0.2, 0.25) is 0 Å². The number of cyclic esters (lactones) is 1. The van der Waals surface area contributed by atoms with Crippen LogP contribution in [0.25, 0.3) is 6.08 Å². The van der Waals surface area contributed by atoms with Crippen molar-refractivity contribution in [3.05, 3.63) is 105 Å². The van der Waals surface area contributed by atoms with E-state index >= 15 is 0 Å². The van der Waals surface area contributed by atoms with Crippen LogP contribution in [0, 0.1) is 5.82 Å². The van der Waals surface area contributed by atoms with Gasteiger partial charge in [0.05, 0.1) is 0 Å². The predicted molar refractivity (Wildman–Crippen MR) is 112 cm³/mol. The van der Waals surface area contributed by atoms with E-state index in [4.69, 9.17) is 9.47 Å². The Balaban J connectivity index is 1.51. The van der Waals surface area contributed by atoms with Crippen LogP contribution in [-0.4, -0.2) is 11.9 Å². The van der Waals surface area contributed by atoms with Crippen molar-refractivity contribution >= 4 is 33.9 Å². The molecule has 3 aromatic carbocycles. The Morgan fingerprint density at radius 3 is 2.62 bits per heavy atom. The highest BCUT2D eigenvalue weighted by Gasteiger charge is 2.24. The molecule has 29 heavy (non-hydrogen) atoms. The molecule has 4 nitrogen and oxygen atoms in total. The normalized spacial score (nSPS) is 14.6. The molecule has 0 atom stereocenters. The summed E-state index contributed by atoms with van der Waals surface area (Å²) in [6.45, 7) is 0.313. The highest BCUT2D eigenvalue weighted by molar-refractivity contribution is 9.10. The molecule has 1 heterocycles. The average Bonchev–Trinajstić information content (AvgIpc) is 3.08. The summed E-state index contributed by atoms with van der Waals surface area (Å²) >= 11 is 3.39. The van der Waals surface area contributed by atoms with Crippen LogP contribution < -0.4 is 4.74 Å². The van der Waals surface area contributed by atoms with E-state index in [9.17, 15) is 9.18 Å². The molecule has 0 spiro atoms. The standard InChI is InChI=1S/C23H15BrFNO3/c24-18-5-2-4-17(13-18)22-26-21(23(27)29-22)12-16-3-1-6-20(11-16)28-14-15-7-9-19(25)10-8-15/h1-13H,14H2/b21-12-. The van der Waals surface area contributed by atoms with Gasteiger partial charge in [-0.15, -0.1) is 0 Å². The van der Waals surface area contributed by atoms with Crippen molar-refractivity contribution in [3.8, 4) is 5.75 Å². The summed E-state index contributed by atoms with van der Waals surface area (Å²) in [5.41, 5.74) is 2.55. The van der Waals surface area contributed by atoms with Gasteiger partial charge in [0.25, 0.3) is 0 Å². The molecule has 0 radical (unpaired) electrons. The predicted octanol–water partition coefficient (Wildman–Crippen LogP) is 5.51. The van der Waals surface area contributed by atoms with E-state index in [1.165, 1.54) is 12.1 Å². The Morgan fingerprint density at radius 1 is 1.03 bits per heavy atom. The maximum Gasteiger partial charge on any atom is 0.363 e. The fourth-order valence-corrected chi connectivity index (χ4v) is 3.15. The first-order valence-electron chi connectivity index (χ1n) is 8.83. The van der Waals surface area contributed by atoms with Gasteiger partial charge in [0.1, 0.15) is 18.2 Å². The van der Waals surface area contributed by atoms with Crippen LogP contribution in [-0.2, 0) is 16.1 Å². The number of halogens is 2. The minimum atomic E-state index is -0.502. The lowest BCUT2D eigenvalue weighted by Gasteiger charge is -2.07. The lowest BCUT2D eigenvalue weighted by molar-refractivity contribution is -0.129. The fourth-order valence-electron chi connectivity index (χ4n) is 2.75. The topological polar surface area (TPSA) is 47.9 Å². The molecule has 0 amide bonds. The Labute approximate surface area is 175 Å². The number of hydrogen-bond donors (Lipinski definition) is 0. The van der Waals surface area contributed by atoms with Crippen molar-refractivity contribution in [1.82, 2.24) is 0 Å². The van der Waals surface area contributed by atoms with Gasteiger partial charge in [-0.25, -0.2) is 14.2 Å². The van der Waals surface area contributed by atoms with Gasteiger partial charge in [-0.2, -0.15) is 0 Å². The zero-order valence-corrected chi connectivity index (χ0v) is 16.7. The molecule has 0 unspecified atom stereocenters. The zero-order valence-electron chi connectivity index (χ0n) is 15.1.